The molecule has 0 aliphatic carbocycles. The van der Waals surface area contributed by atoms with Crippen molar-refractivity contribution in [3.05, 3.63) is 57.3 Å². The highest BCUT2D eigenvalue weighted by Gasteiger charge is 2.20. The van der Waals surface area contributed by atoms with Crippen LogP contribution < -0.4 is 10.9 Å². The van der Waals surface area contributed by atoms with Crippen molar-refractivity contribution in [3.63, 3.8) is 0 Å². The Labute approximate surface area is 186 Å². The average Bonchev–Trinajstić information content (AvgIpc) is 2.76. The van der Waals surface area contributed by atoms with Gasteiger partial charge in [0.1, 0.15) is 5.82 Å². The van der Waals surface area contributed by atoms with E-state index in [-0.39, 0.29) is 23.7 Å². The van der Waals surface area contributed by atoms with Gasteiger partial charge in [-0.3, -0.25) is 19.1 Å². The van der Waals surface area contributed by atoms with Crippen LogP contribution in [0.4, 0.5) is 4.39 Å². The van der Waals surface area contributed by atoms with Gasteiger partial charge in [0, 0.05) is 50.9 Å². The Balaban J connectivity index is 1.62. The number of aryl methyl sites for hydroxylation is 1. The molecular formula is C22H29FN4O3S. The predicted molar refractivity (Wildman–Crippen MR) is 119 cm³/mol. The van der Waals surface area contributed by atoms with E-state index in [0.29, 0.717) is 28.5 Å². The van der Waals surface area contributed by atoms with Crippen LogP contribution in [0.25, 0.3) is 0 Å². The Hall–Kier alpha value is -2.23. The van der Waals surface area contributed by atoms with Gasteiger partial charge in [-0.2, -0.15) is 0 Å². The first-order valence-corrected chi connectivity index (χ1v) is 11.3. The van der Waals surface area contributed by atoms with Crippen LogP contribution in [0, 0.1) is 12.7 Å². The summed E-state index contributed by atoms with van der Waals surface area (Å²) in [4.78, 5) is 32.2. The zero-order valence-electron chi connectivity index (χ0n) is 18.2. The minimum atomic E-state index is -0.403. The van der Waals surface area contributed by atoms with E-state index >= 15 is 0 Å². The van der Waals surface area contributed by atoms with Gasteiger partial charge in [0.2, 0.25) is 5.91 Å². The number of carbonyl (C=O) groups excluding carboxylic acids is 1. The summed E-state index contributed by atoms with van der Waals surface area (Å²) < 4.78 is 20.8. The number of benzene rings is 1. The number of thioether (sulfide) groups is 1. The molecule has 1 amide bonds. The molecular weight excluding hydrogens is 419 g/mol. The smallest absolute Gasteiger partial charge is 0.257 e. The van der Waals surface area contributed by atoms with E-state index < -0.39 is 5.25 Å². The summed E-state index contributed by atoms with van der Waals surface area (Å²) in [6, 6.07) is 6.41. The van der Waals surface area contributed by atoms with E-state index in [0.717, 1.165) is 32.8 Å². The maximum atomic E-state index is 14.0. The van der Waals surface area contributed by atoms with E-state index in [4.69, 9.17) is 4.74 Å². The van der Waals surface area contributed by atoms with Crippen molar-refractivity contribution < 1.29 is 13.9 Å². The van der Waals surface area contributed by atoms with E-state index in [1.807, 2.05) is 0 Å². The zero-order valence-corrected chi connectivity index (χ0v) is 19.0. The molecule has 3 rings (SSSR count). The summed E-state index contributed by atoms with van der Waals surface area (Å²) in [7, 11) is 1.63. The molecule has 1 saturated heterocycles. The number of carbonyl (C=O) groups is 1. The van der Waals surface area contributed by atoms with Crippen molar-refractivity contribution >= 4 is 17.7 Å². The molecule has 0 bridgehead atoms. The Morgan fingerprint density at radius 1 is 1.32 bits per heavy atom. The van der Waals surface area contributed by atoms with Gasteiger partial charge < -0.3 is 10.1 Å². The van der Waals surface area contributed by atoms with Crippen LogP contribution in [0.3, 0.4) is 0 Å². The van der Waals surface area contributed by atoms with E-state index in [1.165, 1.54) is 22.4 Å². The number of nitrogens with one attached hydrogen (secondary N) is 1. The van der Waals surface area contributed by atoms with E-state index in [2.05, 4.69) is 15.2 Å². The standard InChI is InChI=1S/C22H29FN4O3S/c1-15-18(14-17-6-4-5-7-19(17)23)21(29)26(3)22(25-15)31-16(2)20(28)24-8-9-27-10-12-30-13-11-27/h4-7,16H,8-14H2,1-3H3,(H,24,28). The van der Waals surface area contributed by atoms with Crippen LogP contribution >= 0.6 is 11.8 Å². The molecule has 0 spiro atoms. The molecule has 0 saturated carbocycles. The molecule has 9 heteroatoms. The summed E-state index contributed by atoms with van der Waals surface area (Å²) in [5.41, 5.74) is 1.24. The molecule has 1 N–H and O–H groups in total. The SMILES string of the molecule is Cc1nc(SC(C)C(=O)NCCN2CCOCC2)n(C)c(=O)c1Cc1ccccc1F. The van der Waals surface area contributed by atoms with Crippen LogP contribution in [0.1, 0.15) is 23.7 Å². The van der Waals surface area contributed by atoms with Crippen molar-refractivity contribution in [1.29, 1.82) is 0 Å². The van der Waals surface area contributed by atoms with Crippen LogP contribution in [-0.2, 0) is 23.0 Å². The van der Waals surface area contributed by atoms with Gasteiger partial charge in [-0.15, -0.1) is 0 Å². The van der Waals surface area contributed by atoms with Gasteiger partial charge in [0.05, 0.1) is 18.5 Å². The van der Waals surface area contributed by atoms with E-state index in [1.54, 1.807) is 39.1 Å². The highest BCUT2D eigenvalue weighted by atomic mass is 32.2. The molecule has 1 unspecified atom stereocenters. The number of nitrogens with zero attached hydrogens (tertiary/aromatic N) is 3. The number of amides is 1. The Bertz CT molecular complexity index is 976. The third-order valence-corrected chi connectivity index (χ3v) is 6.50. The summed E-state index contributed by atoms with van der Waals surface area (Å²) in [5, 5.41) is 3.01. The molecule has 31 heavy (non-hydrogen) atoms. The van der Waals surface area contributed by atoms with Crippen molar-refractivity contribution in [1.82, 2.24) is 19.8 Å². The predicted octanol–water partition coefficient (Wildman–Crippen LogP) is 1.75. The fourth-order valence-electron chi connectivity index (χ4n) is 3.39. The number of ether oxygens (including phenoxy) is 1. The maximum Gasteiger partial charge on any atom is 0.257 e. The second-order valence-electron chi connectivity index (χ2n) is 7.60. The minimum Gasteiger partial charge on any atom is -0.379 e. The topological polar surface area (TPSA) is 76.5 Å². The summed E-state index contributed by atoms with van der Waals surface area (Å²) in [6.45, 7) is 8.11. The van der Waals surface area contributed by atoms with Crippen molar-refractivity contribution in [2.45, 2.75) is 30.7 Å². The molecule has 7 nitrogen and oxygen atoms in total. The molecule has 1 aromatic carbocycles. The molecule has 1 aliphatic rings. The second kappa shape index (κ2) is 10.9. The molecule has 2 heterocycles. The molecule has 1 atom stereocenters. The fraction of sp³-hybridized carbons (Fsp3) is 0.500. The highest BCUT2D eigenvalue weighted by molar-refractivity contribution is 8.00. The normalized spacial score (nSPS) is 15.6. The Kier molecular flexibility index (Phi) is 8.22. The van der Waals surface area contributed by atoms with Crippen molar-refractivity contribution in [3.8, 4) is 0 Å². The number of hydrogen-bond donors (Lipinski definition) is 1. The molecule has 1 aliphatic heterocycles. The van der Waals surface area contributed by atoms with Gasteiger partial charge >= 0.3 is 0 Å². The third-order valence-electron chi connectivity index (χ3n) is 5.36. The lowest BCUT2D eigenvalue weighted by atomic mass is 10.0. The summed E-state index contributed by atoms with van der Waals surface area (Å²) >= 11 is 1.24. The maximum absolute atomic E-state index is 14.0. The lowest BCUT2D eigenvalue weighted by molar-refractivity contribution is -0.120. The first kappa shape index (κ1) is 23.4. The van der Waals surface area contributed by atoms with Crippen LogP contribution in [0.5, 0.6) is 0 Å². The van der Waals surface area contributed by atoms with Gasteiger partial charge in [-0.05, 0) is 25.5 Å². The first-order valence-electron chi connectivity index (χ1n) is 10.4. The van der Waals surface area contributed by atoms with Crippen molar-refractivity contribution in [2.75, 3.05) is 39.4 Å². The number of halogens is 1. The van der Waals surface area contributed by atoms with Crippen molar-refractivity contribution in [2.24, 2.45) is 7.05 Å². The van der Waals surface area contributed by atoms with Crippen LogP contribution in [0.15, 0.2) is 34.2 Å². The minimum absolute atomic E-state index is 0.0967. The summed E-state index contributed by atoms with van der Waals surface area (Å²) in [6.07, 6.45) is 0.181. The number of rotatable bonds is 8. The van der Waals surface area contributed by atoms with Gasteiger partial charge in [0.25, 0.3) is 5.56 Å². The zero-order chi connectivity index (χ0) is 22.4. The average molecular weight is 449 g/mol. The molecule has 1 aromatic heterocycles. The molecule has 168 valence electrons. The molecule has 0 radical (unpaired) electrons. The number of aromatic nitrogens is 2. The lowest BCUT2D eigenvalue weighted by Gasteiger charge is -2.26. The second-order valence-corrected chi connectivity index (χ2v) is 8.90. The van der Waals surface area contributed by atoms with Gasteiger partial charge in [-0.1, -0.05) is 30.0 Å². The fourth-order valence-corrected chi connectivity index (χ4v) is 4.33. The number of morpholine rings is 1. The first-order chi connectivity index (χ1) is 14.9. The monoisotopic (exact) mass is 448 g/mol. The van der Waals surface area contributed by atoms with E-state index in [9.17, 15) is 14.0 Å². The van der Waals surface area contributed by atoms with Crippen LogP contribution in [-0.4, -0.2) is 65.0 Å². The van der Waals surface area contributed by atoms with Gasteiger partial charge in [0.15, 0.2) is 5.16 Å². The molecule has 1 fully saturated rings. The quantitative estimate of drug-likeness (QED) is 0.490. The largest absolute Gasteiger partial charge is 0.379 e. The van der Waals surface area contributed by atoms with Gasteiger partial charge in [-0.25, -0.2) is 9.37 Å². The Morgan fingerprint density at radius 2 is 2.03 bits per heavy atom. The number of hydrogen-bond acceptors (Lipinski definition) is 6. The Morgan fingerprint density at radius 3 is 2.74 bits per heavy atom. The highest BCUT2D eigenvalue weighted by Crippen LogP contribution is 2.22. The molecule has 2 aromatic rings. The third kappa shape index (κ3) is 6.15. The van der Waals surface area contributed by atoms with Crippen LogP contribution in [0.2, 0.25) is 0 Å². The summed E-state index contributed by atoms with van der Waals surface area (Å²) in [5.74, 6) is -0.439. The lowest BCUT2D eigenvalue weighted by Crippen LogP contribution is -2.42.